The molecule has 152 valence electrons. The SMILES string of the molecule is O=C1CCCC2=C1C(c1cccc(Cl)c1)n1nc(SCc3cccc(F)c3)nc1N2. The normalized spacial score (nSPS) is 18.1. The average Bonchev–Trinajstić information content (AvgIpc) is 3.13. The number of carbonyl (C=O) groups is 1. The maximum atomic E-state index is 13.5. The van der Waals surface area contributed by atoms with E-state index in [1.54, 1.807) is 10.7 Å². The minimum Gasteiger partial charge on any atom is -0.328 e. The predicted molar refractivity (Wildman–Crippen MR) is 115 cm³/mol. The van der Waals surface area contributed by atoms with Gasteiger partial charge in [0, 0.05) is 28.5 Å². The van der Waals surface area contributed by atoms with Gasteiger partial charge in [0.15, 0.2) is 5.78 Å². The molecule has 0 radical (unpaired) electrons. The number of fused-ring (bicyclic) bond motifs is 1. The van der Waals surface area contributed by atoms with Gasteiger partial charge in [-0.3, -0.25) is 4.79 Å². The lowest BCUT2D eigenvalue weighted by atomic mass is 9.85. The molecule has 0 saturated carbocycles. The number of anilines is 1. The Kier molecular flexibility index (Phi) is 5.08. The maximum absolute atomic E-state index is 13.5. The van der Waals surface area contributed by atoms with Crippen LogP contribution in [0.4, 0.5) is 10.3 Å². The minimum atomic E-state index is -0.362. The molecule has 0 amide bonds. The van der Waals surface area contributed by atoms with E-state index in [2.05, 4.69) is 15.4 Å². The molecule has 30 heavy (non-hydrogen) atoms. The van der Waals surface area contributed by atoms with Gasteiger partial charge in [0.05, 0.1) is 0 Å². The Bertz CT molecular complexity index is 1180. The number of thioether (sulfide) groups is 1. The van der Waals surface area contributed by atoms with Gasteiger partial charge in [-0.25, -0.2) is 9.07 Å². The van der Waals surface area contributed by atoms with Gasteiger partial charge in [-0.05, 0) is 48.2 Å². The quantitative estimate of drug-likeness (QED) is 0.551. The van der Waals surface area contributed by atoms with Crippen LogP contribution in [-0.4, -0.2) is 20.5 Å². The van der Waals surface area contributed by atoms with Gasteiger partial charge in [-0.1, -0.05) is 47.6 Å². The van der Waals surface area contributed by atoms with Gasteiger partial charge in [0.25, 0.3) is 0 Å². The second-order valence-corrected chi connectivity index (χ2v) is 8.71. The van der Waals surface area contributed by atoms with Gasteiger partial charge < -0.3 is 5.32 Å². The van der Waals surface area contributed by atoms with Gasteiger partial charge in [0.2, 0.25) is 11.1 Å². The second kappa shape index (κ2) is 7.89. The summed E-state index contributed by atoms with van der Waals surface area (Å²) in [6.07, 6.45) is 2.15. The highest BCUT2D eigenvalue weighted by Gasteiger charge is 2.36. The number of carbonyl (C=O) groups excluding carboxylic acids is 1. The molecule has 1 aromatic heterocycles. The standard InChI is InChI=1S/C22H18ClFN4OS/c23-15-6-2-5-14(11-15)20-19-17(8-3-9-18(19)29)25-21-26-22(27-28(20)21)30-12-13-4-1-7-16(24)10-13/h1-2,4-7,10-11,20H,3,8-9,12H2,(H,25,26,27). The van der Waals surface area contributed by atoms with Crippen molar-refractivity contribution in [3.05, 3.63) is 81.8 Å². The van der Waals surface area contributed by atoms with Crippen LogP contribution >= 0.6 is 23.4 Å². The zero-order chi connectivity index (χ0) is 20.7. The van der Waals surface area contributed by atoms with Crippen LogP contribution in [0.2, 0.25) is 5.02 Å². The van der Waals surface area contributed by atoms with Crippen LogP contribution in [0.1, 0.15) is 36.4 Å². The van der Waals surface area contributed by atoms with E-state index in [1.165, 1.54) is 23.9 Å². The third-order valence-corrected chi connectivity index (χ3v) is 6.41. The maximum Gasteiger partial charge on any atom is 0.227 e. The number of nitrogens with zero attached hydrogens (tertiary/aromatic N) is 3. The van der Waals surface area contributed by atoms with Crippen molar-refractivity contribution in [2.45, 2.75) is 36.2 Å². The summed E-state index contributed by atoms with van der Waals surface area (Å²) in [5.41, 5.74) is 3.42. The number of benzene rings is 2. The molecule has 1 N–H and O–H groups in total. The first-order valence-electron chi connectivity index (χ1n) is 9.71. The molecule has 0 spiro atoms. The van der Waals surface area contributed by atoms with Gasteiger partial charge in [-0.2, -0.15) is 4.98 Å². The number of halogens is 2. The van der Waals surface area contributed by atoms with E-state index in [9.17, 15) is 9.18 Å². The van der Waals surface area contributed by atoms with E-state index in [0.717, 1.165) is 35.2 Å². The summed E-state index contributed by atoms with van der Waals surface area (Å²) in [5.74, 6) is 1.03. The number of allylic oxidation sites excluding steroid dienone is 2. The van der Waals surface area contributed by atoms with Gasteiger partial charge in [0.1, 0.15) is 11.9 Å². The molecule has 2 aromatic carbocycles. The molecule has 1 aliphatic heterocycles. The highest BCUT2D eigenvalue weighted by atomic mass is 35.5. The molecule has 0 saturated heterocycles. The highest BCUT2D eigenvalue weighted by Crippen LogP contribution is 2.41. The number of aromatic nitrogens is 3. The molecule has 2 heterocycles. The van der Waals surface area contributed by atoms with Gasteiger partial charge in [-0.15, -0.1) is 5.10 Å². The fourth-order valence-corrected chi connectivity index (χ4v) is 4.93. The zero-order valence-corrected chi connectivity index (χ0v) is 17.5. The first-order chi connectivity index (χ1) is 14.6. The lowest BCUT2D eigenvalue weighted by molar-refractivity contribution is -0.116. The predicted octanol–water partition coefficient (Wildman–Crippen LogP) is 5.38. The monoisotopic (exact) mass is 440 g/mol. The number of nitrogens with one attached hydrogen (secondary N) is 1. The molecule has 0 fully saturated rings. The average molecular weight is 441 g/mol. The van der Waals surface area contributed by atoms with E-state index in [4.69, 9.17) is 11.6 Å². The van der Waals surface area contributed by atoms with E-state index in [0.29, 0.717) is 28.3 Å². The number of hydrogen-bond acceptors (Lipinski definition) is 5. The van der Waals surface area contributed by atoms with E-state index >= 15 is 0 Å². The summed E-state index contributed by atoms with van der Waals surface area (Å²) in [4.78, 5) is 17.5. The molecular weight excluding hydrogens is 423 g/mol. The van der Waals surface area contributed by atoms with E-state index in [-0.39, 0.29) is 17.6 Å². The molecule has 8 heteroatoms. The summed E-state index contributed by atoms with van der Waals surface area (Å²) in [5, 5.41) is 9.18. The Morgan fingerprint density at radius 2 is 2.07 bits per heavy atom. The molecule has 2 aliphatic rings. The van der Waals surface area contributed by atoms with Crippen molar-refractivity contribution in [2.75, 3.05) is 5.32 Å². The van der Waals surface area contributed by atoms with Crippen LogP contribution in [0.3, 0.4) is 0 Å². The molecule has 5 nitrogen and oxygen atoms in total. The van der Waals surface area contributed by atoms with Gasteiger partial charge >= 0.3 is 0 Å². The first-order valence-corrected chi connectivity index (χ1v) is 11.1. The summed E-state index contributed by atoms with van der Waals surface area (Å²) in [6.45, 7) is 0. The third kappa shape index (κ3) is 3.63. The van der Waals surface area contributed by atoms with Crippen LogP contribution in [0.5, 0.6) is 0 Å². The number of ketones is 1. The molecule has 1 aliphatic carbocycles. The molecular formula is C22H18ClFN4OS. The highest BCUT2D eigenvalue weighted by molar-refractivity contribution is 7.98. The van der Waals surface area contributed by atoms with Crippen LogP contribution in [0.15, 0.2) is 65.0 Å². The molecule has 5 rings (SSSR count). The molecule has 3 aromatic rings. The number of rotatable bonds is 4. The second-order valence-electron chi connectivity index (χ2n) is 7.33. The Hall–Kier alpha value is -2.64. The first kappa shape index (κ1) is 19.3. The number of Topliss-reactive ketones (excluding diaryl/α,β-unsaturated/α-hetero) is 1. The van der Waals surface area contributed by atoms with Crippen LogP contribution in [0.25, 0.3) is 0 Å². The number of hydrogen-bond donors (Lipinski definition) is 1. The molecule has 0 bridgehead atoms. The largest absolute Gasteiger partial charge is 0.328 e. The summed E-state index contributed by atoms with van der Waals surface area (Å²) in [6, 6.07) is 13.7. The Balaban J connectivity index is 1.51. The Morgan fingerprint density at radius 3 is 2.90 bits per heavy atom. The fraction of sp³-hybridized carbons (Fsp3) is 0.227. The van der Waals surface area contributed by atoms with Crippen LogP contribution < -0.4 is 5.32 Å². The Labute approximate surface area is 182 Å². The summed E-state index contributed by atoms with van der Waals surface area (Å²) >= 11 is 7.67. The lowest BCUT2D eigenvalue weighted by Gasteiger charge is -2.32. The topological polar surface area (TPSA) is 59.8 Å². The van der Waals surface area contributed by atoms with Crippen molar-refractivity contribution in [3.63, 3.8) is 0 Å². The van der Waals surface area contributed by atoms with Crippen LogP contribution in [0, 0.1) is 5.82 Å². The zero-order valence-electron chi connectivity index (χ0n) is 15.9. The van der Waals surface area contributed by atoms with Crippen molar-refractivity contribution in [1.82, 2.24) is 14.8 Å². The van der Waals surface area contributed by atoms with Crippen molar-refractivity contribution < 1.29 is 9.18 Å². The van der Waals surface area contributed by atoms with Crippen molar-refractivity contribution >= 4 is 35.1 Å². The van der Waals surface area contributed by atoms with Crippen molar-refractivity contribution in [2.24, 2.45) is 0 Å². The third-order valence-electron chi connectivity index (χ3n) is 5.27. The molecule has 1 unspecified atom stereocenters. The van der Waals surface area contributed by atoms with E-state index in [1.807, 2.05) is 30.3 Å². The smallest absolute Gasteiger partial charge is 0.227 e. The molecule has 1 atom stereocenters. The summed E-state index contributed by atoms with van der Waals surface area (Å²) in [7, 11) is 0. The Morgan fingerprint density at radius 1 is 1.20 bits per heavy atom. The lowest BCUT2D eigenvalue weighted by Crippen LogP contribution is -2.31. The van der Waals surface area contributed by atoms with E-state index < -0.39 is 0 Å². The van der Waals surface area contributed by atoms with Crippen LogP contribution in [-0.2, 0) is 10.5 Å². The summed E-state index contributed by atoms with van der Waals surface area (Å²) < 4.78 is 15.2. The minimum absolute atomic E-state index is 0.129. The van der Waals surface area contributed by atoms with Crippen molar-refractivity contribution in [3.8, 4) is 0 Å². The fourth-order valence-electron chi connectivity index (χ4n) is 3.96. The van der Waals surface area contributed by atoms with Crippen molar-refractivity contribution in [1.29, 1.82) is 0 Å².